The summed E-state index contributed by atoms with van der Waals surface area (Å²) in [5.41, 5.74) is 3.44. The molecule has 0 unspecified atom stereocenters. The fraction of sp³-hybridized carbons (Fsp3) is 0.667. The van der Waals surface area contributed by atoms with Crippen LogP contribution in [0.4, 0.5) is 0 Å². The SMILES string of the molecule is CC[C@H](CO)C(=O)N1CC2(CC(Cc3cccc(C4CC4)c3)C2)C1. The van der Waals surface area contributed by atoms with Crippen molar-refractivity contribution in [1.29, 1.82) is 0 Å². The second-order valence-corrected chi connectivity index (χ2v) is 8.48. The average molecular weight is 327 g/mol. The Labute approximate surface area is 145 Å². The Morgan fingerprint density at radius 2 is 2.08 bits per heavy atom. The van der Waals surface area contributed by atoms with Gasteiger partial charge in [-0.15, -0.1) is 0 Å². The van der Waals surface area contributed by atoms with Crippen molar-refractivity contribution in [2.75, 3.05) is 19.7 Å². The minimum Gasteiger partial charge on any atom is -0.396 e. The summed E-state index contributed by atoms with van der Waals surface area (Å²) < 4.78 is 0. The molecule has 1 aromatic carbocycles. The van der Waals surface area contributed by atoms with Crippen LogP contribution in [0.1, 0.15) is 56.1 Å². The highest BCUT2D eigenvalue weighted by atomic mass is 16.3. The molecule has 2 aliphatic carbocycles. The van der Waals surface area contributed by atoms with Gasteiger partial charge < -0.3 is 10.0 Å². The number of nitrogens with zero attached hydrogens (tertiary/aromatic N) is 1. The van der Waals surface area contributed by atoms with Gasteiger partial charge in [0.05, 0.1) is 12.5 Å². The lowest BCUT2D eigenvalue weighted by Gasteiger charge is -2.59. The number of likely N-dealkylation sites (tertiary alicyclic amines) is 1. The summed E-state index contributed by atoms with van der Waals surface area (Å²) >= 11 is 0. The highest BCUT2D eigenvalue weighted by Crippen LogP contribution is 2.53. The zero-order chi connectivity index (χ0) is 16.7. The van der Waals surface area contributed by atoms with E-state index in [1.54, 1.807) is 0 Å². The van der Waals surface area contributed by atoms with Gasteiger partial charge in [0, 0.05) is 18.5 Å². The maximum Gasteiger partial charge on any atom is 0.228 e. The number of rotatable bonds is 6. The molecule has 1 N–H and O–H groups in total. The van der Waals surface area contributed by atoms with Gasteiger partial charge in [0.15, 0.2) is 0 Å². The monoisotopic (exact) mass is 327 g/mol. The Hall–Kier alpha value is -1.35. The number of benzene rings is 1. The third kappa shape index (κ3) is 2.99. The summed E-state index contributed by atoms with van der Waals surface area (Å²) in [4.78, 5) is 14.2. The van der Waals surface area contributed by atoms with Crippen LogP contribution in [0, 0.1) is 17.3 Å². The number of hydrogen-bond donors (Lipinski definition) is 1. The van der Waals surface area contributed by atoms with Gasteiger partial charge in [0.25, 0.3) is 0 Å². The maximum absolute atomic E-state index is 12.3. The largest absolute Gasteiger partial charge is 0.396 e. The molecule has 1 heterocycles. The summed E-state index contributed by atoms with van der Waals surface area (Å²) in [6.45, 7) is 3.80. The second kappa shape index (κ2) is 6.18. The van der Waals surface area contributed by atoms with Crippen molar-refractivity contribution in [3.05, 3.63) is 35.4 Å². The van der Waals surface area contributed by atoms with E-state index in [4.69, 9.17) is 0 Å². The highest BCUT2D eigenvalue weighted by Gasteiger charge is 2.53. The van der Waals surface area contributed by atoms with Crippen molar-refractivity contribution >= 4 is 5.91 Å². The van der Waals surface area contributed by atoms with E-state index < -0.39 is 0 Å². The van der Waals surface area contributed by atoms with Gasteiger partial charge in [0.2, 0.25) is 5.91 Å². The molecule has 0 bridgehead atoms. The van der Waals surface area contributed by atoms with Crippen molar-refractivity contribution < 1.29 is 9.90 Å². The number of hydrogen-bond acceptors (Lipinski definition) is 2. The maximum atomic E-state index is 12.3. The van der Waals surface area contributed by atoms with Gasteiger partial charge in [-0.3, -0.25) is 4.79 Å². The van der Waals surface area contributed by atoms with Gasteiger partial charge in [-0.25, -0.2) is 0 Å². The highest BCUT2D eigenvalue weighted by molar-refractivity contribution is 5.80. The zero-order valence-corrected chi connectivity index (χ0v) is 14.7. The van der Waals surface area contributed by atoms with Gasteiger partial charge in [-0.2, -0.15) is 0 Å². The fourth-order valence-electron chi connectivity index (χ4n) is 4.85. The molecule has 0 radical (unpaired) electrons. The molecule has 3 aliphatic rings. The lowest BCUT2D eigenvalue weighted by Crippen LogP contribution is -2.64. The Bertz CT molecular complexity index is 604. The first-order valence-corrected chi connectivity index (χ1v) is 9.61. The van der Waals surface area contributed by atoms with Gasteiger partial charge >= 0.3 is 0 Å². The smallest absolute Gasteiger partial charge is 0.228 e. The molecule has 2 saturated carbocycles. The van der Waals surface area contributed by atoms with Crippen LogP contribution in [-0.2, 0) is 11.2 Å². The molecular weight excluding hydrogens is 298 g/mol. The summed E-state index contributed by atoms with van der Waals surface area (Å²) in [6.07, 6.45) is 7.20. The predicted molar refractivity (Wildman–Crippen MR) is 94.7 cm³/mol. The molecule has 3 nitrogen and oxygen atoms in total. The topological polar surface area (TPSA) is 40.5 Å². The minimum absolute atomic E-state index is 0.0151. The number of carbonyl (C=O) groups excluding carboxylic acids is 1. The van der Waals surface area contributed by atoms with Crippen molar-refractivity contribution in [3.8, 4) is 0 Å². The first-order valence-electron chi connectivity index (χ1n) is 9.61. The van der Waals surface area contributed by atoms with Crippen molar-refractivity contribution in [2.24, 2.45) is 17.3 Å². The summed E-state index contributed by atoms with van der Waals surface area (Å²) in [5.74, 6) is 1.59. The van der Waals surface area contributed by atoms with Gasteiger partial charge in [-0.1, -0.05) is 31.2 Å². The molecule has 0 aromatic heterocycles. The zero-order valence-electron chi connectivity index (χ0n) is 14.7. The second-order valence-electron chi connectivity index (χ2n) is 8.48. The van der Waals surface area contributed by atoms with Crippen molar-refractivity contribution in [1.82, 2.24) is 4.90 Å². The van der Waals surface area contributed by atoms with Crippen LogP contribution in [0.3, 0.4) is 0 Å². The molecule has 1 amide bonds. The number of amides is 1. The van der Waals surface area contributed by atoms with Crippen LogP contribution in [0.2, 0.25) is 0 Å². The predicted octanol–water partition coefficient (Wildman–Crippen LogP) is 3.36. The van der Waals surface area contributed by atoms with E-state index in [0.29, 0.717) is 5.41 Å². The minimum atomic E-state index is -0.191. The average Bonchev–Trinajstić information content (AvgIpc) is 3.34. The van der Waals surface area contributed by atoms with E-state index in [0.717, 1.165) is 31.3 Å². The summed E-state index contributed by atoms with van der Waals surface area (Å²) in [7, 11) is 0. The molecule has 3 fully saturated rings. The van der Waals surface area contributed by atoms with Crippen LogP contribution >= 0.6 is 0 Å². The molecule has 1 aromatic rings. The number of aliphatic hydroxyl groups excluding tert-OH is 1. The lowest BCUT2D eigenvalue weighted by molar-refractivity contribution is -0.160. The van der Waals surface area contributed by atoms with Crippen LogP contribution < -0.4 is 0 Å². The third-order valence-electron chi connectivity index (χ3n) is 6.39. The fourth-order valence-corrected chi connectivity index (χ4v) is 4.85. The Kier molecular flexibility index (Phi) is 4.16. The molecule has 4 rings (SSSR count). The number of carbonyl (C=O) groups is 1. The van der Waals surface area contributed by atoms with E-state index in [1.807, 2.05) is 11.8 Å². The molecular formula is C21H29NO2. The van der Waals surface area contributed by atoms with Crippen molar-refractivity contribution in [3.63, 3.8) is 0 Å². The van der Waals surface area contributed by atoms with E-state index in [2.05, 4.69) is 24.3 Å². The van der Waals surface area contributed by atoms with Crippen LogP contribution in [0.5, 0.6) is 0 Å². The molecule has 1 spiro atoms. The molecule has 130 valence electrons. The quantitative estimate of drug-likeness (QED) is 0.870. The molecule has 1 saturated heterocycles. The van der Waals surface area contributed by atoms with Crippen LogP contribution in [0.15, 0.2) is 24.3 Å². The van der Waals surface area contributed by atoms with Gasteiger partial charge in [0.1, 0.15) is 0 Å². The van der Waals surface area contributed by atoms with E-state index in [-0.39, 0.29) is 18.4 Å². The lowest BCUT2D eigenvalue weighted by atomic mass is 9.56. The number of aliphatic hydroxyl groups is 1. The standard InChI is InChI=1S/C21H29NO2/c1-2-17(12-23)20(24)22-13-21(14-22)10-16(11-21)8-15-4-3-5-19(9-15)18-6-7-18/h3-5,9,16-18,23H,2,6-8,10-14H2,1H3/t17-/m1/s1. The first-order chi connectivity index (χ1) is 11.6. The normalized spacial score (nSPS) is 23.7. The first kappa shape index (κ1) is 16.1. The summed E-state index contributed by atoms with van der Waals surface area (Å²) in [5, 5.41) is 9.29. The third-order valence-corrected chi connectivity index (χ3v) is 6.39. The molecule has 1 aliphatic heterocycles. The van der Waals surface area contributed by atoms with E-state index >= 15 is 0 Å². The van der Waals surface area contributed by atoms with E-state index in [1.165, 1.54) is 43.2 Å². The van der Waals surface area contributed by atoms with Crippen molar-refractivity contribution in [2.45, 2.75) is 51.4 Å². The Balaban J connectivity index is 1.26. The Morgan fingerprint density at radius 3 is 2.71 bits per heavy atom. The van der Waals surface area contributed by atoms with Gasteiger partial charge in [-0.05, 0) is 61.5 Å². The molecule has 1 atom stereocenters. The Morgan fingerprint density at radius 1 is 1.33 bits per heavy atom. The summed E-state index contributed by atoms with van der Waals surface area (Å²) in [6, 6.07) is 9.21. The van der Waals surface area contributed by atoms with Crippen LogP contribution in [-0.4, -0.2) is 35.6 Å². The van der Waals surface area contributed by atoms with Crippen LogP contribution in [0.25, 0.3) is 0 Å². The molecule has 3 heteroatoms. The molecule has 24 heavy (non-hydrogen) atoms. The van der Waals surface area contributed by atoms with E-state index in [9.17, 15) is 9.90 Å².